The van der Waals surface area contributed by atoms with Gasteiger partial charge in [-0.15, -0.1) is 0 Å². The Bertz CT molecular complexity index is 498. The van der Waals surface area contributed by atoms with Crippen LogP contribution in [0.3, 0.4) is 0 Å². The molecule has 0 N–H and O–H groups in total. The van der Waals surface area contributed by atoms with Crippen LogP contribution in [0.15, 0.2) is 28.9 Å². The molecular formula is C11H10O4. The van der Waals surface area contributed by atoms with Crippen molar-refractivity contribution in [3.63, 3.8) is 0 Å². The fraction of sp³-hybridized carbons (Fsp3) is 0.182. The average Bonchev–Trinajstić information content (AvgIpc) is 2.64. The predicted octanol–water partition coefficient (Wildman–Crippen LogP) is 2.37. The minimum atomic E-state index is -0.388. The molecule has 0 atom stereocenters. The van der Waals surface area contributed by atoms with Crippen molar-refractivity contribution in [3.8, 4) is 11.5 Å². The van der Waals surface area contributed by atoms with E-state index in [0.717, 1.165) is 5.39 Å². The van der Waals surface area contributed by atoms with Crippen LogP contribution in [0.1, 0.15) is 6.92 Å². The van der Waals surface area contributed by atoms with Gasteiger partial charge in [0, 0.05) is 18.4 Å². The zero-order valence-corrected chi connectivity index (χ0v) is 8.44. The lowest BCUT2D eigenvalue weighted by Crippen LogP contribution is -2.01. The number of rotatable bonds is 2. The number of hydrogen-bond acceptors (Lipinski definition) is 4. The van der Waals surface area contributed by atoms with Crippen molar-refractivity contribution >= 4 is 16.9 Å². The third-order valence-electron chi connectivity index (χ3n) is 1.98. The first-order valence-corrected chi connectivity index (χ1v) is 4.44. The highest BCUT2D eigenvalue weighted by molar-refractivity contribution is 5.87. The second kappa shape index (κ2) is 3.65. The lowest BCUT2D eigenvalue weighted by atomic mass is 10.2. The van der Waals surface area contributed by atoms with Crippen molar-refractivity contribution < 1.29 is 18.7 Å². The number of methoxy groups -OCH3 is 1. The zero-order chi connectivity index (χ0) is 10.8. The molecule has 2 aromatic rings. The maximum Gasteiger partial charge on any atom is 0.308 e. The normalized spacial score (nSPS) is 10.3. The molecule has 0 radical (unpaired) electrons. The monoisotopic (exact) mass is 206 g/mol. The lowest BCUT2D eigenvalue weighted by molar-refractivity contribution is -0.131. The van der Waals surface area contributed by atoms with Crippen LogP contribution in [-0.2, 0) is 4.79 Å². The molecule has 1 aromatic heterocycles. The van der Waals surface area contributed by atoms with Gasteiger partial charge < -0.3 is 13.9 Å². The summed E-state index contributed by atoms with van der Waals surface area (Å²) in [6.07, 6.45) is 1.54. The second-order valence-electron chi connectivity index (χ2n) is 3.06. The van der Waals surface area contributed by atoms with Gasteiger partial charge in [-0.05, 0) is 12.1 Å². The van der Waals surface area contributed by atoms with Gasteiger partial charge in [0.25, 0.3) is 0 Å². The van der Waals surface area contributed by atoms with Gasteiger partial charge in [0.15, 0.2) is 11.3 Å². The van der Waals surface area contributed by atoms with E-state index in [1.807, 2.05) is 6.07 Å². The van der Waals surface area contributed by atoms with Gasteiger partial charge in [-0.1, -0.05) is 0 Å². The number of fused-ring (bicyclic) bond motifs is 1. The summed E-state index contributed by atoms with van der Waals surface area (Å²) in [6, 6.07) is 5.21. The van der Waals surface area contributed by atoms with Crippen molar-refractivity contribution in [1.82, 2.24) is 0 Å². The van der Waals surface area contributed by atoms with Gasteiger partial charge >= 0.3 is 5.97 Å². The van der Waals surface area contributed by atoms with Crippen LogP contribution < -0.4 is 9.47 Å². The quantitative estimate of drug-likeness (QED) is 0.559. The third kappa shape index (κ3) is 1.79. The van der Waals surface area contributed by atoms with Crippen molar-refractivity contribution in [2.75, 3.05) is 7.11 Å². The highest BCUT2D eigenvalue weighted by Crippen LogP contribution is 2.31. The standard InChI is InChI=1S/C11H10O4/c1-7(12)15-10-6-9(13-2)5-8-3-4-14-11(8)10/h3-6H,1-2H3. The zero-order valence-electron chi connectivity index (χ0n) is 8.44. The van der Waals surface area contributed by atoms with Crippen LogP contribution in [0.5, 0.6) is 11.5 Å². The predicted molar refractivity (Wildman–Crippen MR) is 54.1 cm³/mol. The Morgan fingerprint density at radius 2 is 2.20 bits per heavy atom. The summed E-state index contributed by atoms with van der Waals surface area (Å²) in [5.74, 6) is 0.614. The van der Waals surface area contributed by atoms with E-state index in [0.29, 0.717) is 17.1 Å². The van der Waals surface area contributed by atoms with Crippen LogP contribution in [0, 0.1) is 0 Å². The third-order valence-corrected chi connectivity index (χ3v) is 1.98. The van der Waals surface area contributed by atoms with Crippen molar-refractivity contribution in [2.24, 2.45) is 0 Å². The smallest absolute Gasteiger partial charge is 0.308 e. The molecule has 0 spiro atoms. The molecule has 0 aliphatic carbocycles. The molecule has 2 rings (SSSR count). The summed E-state index contributed by atoms with van der Waals surface area (Å²) < 4.78 is 15.3. The van der Waals surface area contributed by atoms with E-state index in [4.69, 9.17) is 13.9 Å². The molecule has 0 saturated heterocycles. The lowest BCUT2D eigenvalue weighted by Gasteiger charge is -2.04. The van der Waals surface area contributed by atoms with Crippen LogP contribution in [0.4, 0.5) is 0 Å². The van der Waals surface area contributed by atoms with Crippen LogP contribution >= 0.6 is 0 Å². The van der Waals surface area contributed by atoms with Gasteiger partial charge in [-0.2, -0.15) is 0 Å². The average molecular weight is 206 g/mol. The van der Waals surface area contributed by atoms with E-state index in [9.17, 15) is 4.79 Å². The summed E-state index contributed by atoms with van der Waals surface area (Å²) in [4.78, 5) is 10.9. The van der Waals surface area contributed by atoms with Crippen molar-refractivity contribution in [2.45, 2.75) is 6.92 Å². The van der Waals surface area contributed by atoms with Gasteiger partial charge in [0.1, 0.15) is 5.75 Å². The van der Waals surface area contributed by atoms with Gasteiger partial charge in [0.2, 0.25) is 0 Å². The van der Waals surface area contributed by atoms with E-state index >= 15 is 0 Å². The number of carbonyl (C=O) groups excluding carboxylic acids is 1. The summed E-state index contributed by atoms with van der Waals surface area (Å²) in [5, 5.41) is 0.839. The van der Waals surface area contributed by atoms with E-state index in [-0.39, 0.29) is 5.97 Å². The first kappa shape index (κ1) is 9.58. The number of ether oxygens (including phenoxy) is 2. The molecule has 4 nitrogen and oxygen atoms in total. The topological polar surface area (TPSA) is 48.7 Å². The Morgan fingerprint density at radius 1 is 1.40 bits per heavy atom. The first-order chi connectivity index (χ1) is 7.20. The molecule has 0 aliphatic rings. The summed E-state index contributed by atoms with van der Waals surface area (Å²) >= 11 is 0. The number of esters is 1. The summed E-state index contributed by atoms with van der Waals surface area (Å²) in [7, 11) is 1.55. The number of benzene rings is 1. The van der Waals surface area contributed by atoms with E-state index in [2.05, 4.69) is 0 Å². The van der Waals surface area contributed by atoms with E-state index < -0.39 is 0 Å². The molecule has 0 aliphatic heterocycles. The summed E-state index contributed by atoms with van der Waals surface area (Å²) in [5.41, 5.74) is 0.547. The number of hydrogen-bond donors (Lipinski definition) is 0. The van der Waals surface area contributed by atoms with E-state index in [1.165, 1.54) is 13.2 Å². The second-order valence-corrected chi connectivity index (χ2v) is 3.06. The summed E-state index contributed by atoms with van der Waals surface area (Å²) in [6.45, 7) is 1.34. The number of furan rings is 1. The molecule has 0 fully saturated rings. The SMILES string of the molecule is COc1cc(OC(C)=O)c2occc2c1. The van der Waals surface area contributed by atoms with Crippen LogP contribution in [-0.4, -0.2) is 13.1 Å². The molecule has 1 heterocycles. The Morgan fingerprint density at radius 3 is 2.87 bits per heavy atom. The molecule has 0 bridgehead atoms. The van der Waals surface area contributed by atoms with Gasteiger partial charge in [-0.25, -0.2) is 0 Å². The molecular weight excluding hydrogens is 196 g/mol. The maximum absolute atomic E-state index is 10.9. The highest BCUT2D eigenvalue weighted by Gasteiger charge is 2.10. The molecule has 0 saturated carbocycles. The fourth-order valence-electron chi connectivity index (χ4n) is 1.37. The Balaban J connectivity index is 2.57. The fourth-order valence-corrected chi connectivity index (χ4v) is 1.37. The minimum absolute atomic E-state index is 0.377. The Hall–Kier alpha value is -1.97. The Kier molecular flexibility index (Phi) is 2.33. The maximum atomic E-state index is 10.9. The largest absolute Gasteiger partial charge is 0.497 e. The van der Waals surface area contributed by atoms with Crippen LogP contribution in [0.2, 0.25) is 0 Å². The molecule has 0 unspecified atom stereocenters. The molecule has 78 valence electrons. The van der Waals surface area contributed by atoms with Gasteiger partial charge in [-0.3, -0.25) is 4.79 Å². The van der Waals surface area contributed by atoms with Crippen molar-refractivity contribution in [3.05, 3.63) is 24.5 Å². The molecule has 15 heavy (non-hydrogen) atoms. The van der Waals surface area contributed by atoms with E-state index in [1.54, 1.807) is 19.2 Å². The van der Waals surface area contributed by atoms with Crippen molar-refractivity contribution in [1.29, 1.82) is 0 Å². The Labute approximate surface area is 86.4 Å². The highest BCUT2D eigenvalue weighted by atomic mass is 16.5. The van der Waals surface area contributed by atoms with Crippen LogP contribution in [0.25, 0.3) is 11.0 Å². The molecule has 1 aromatic carbocycles. The minimum Gasteiger partial charge on any atom is -0.497 e. The first-order valence-electron chi connectivity index (χ1n) is 4.44. The number of carbonyl (C=O) groups is 1. The van der Waals surface area contributed by atoms with Gasteiger partial charge in [0.05, 0.1) is 13.4 Å². The molecule has 0 amide bonds. The molecule has 4 heteroatoms.